The van der Waals surface area contributed by atoms with Crippen molar-refractivity contribution < 1.29 is 0 Å². The fourth-order valence-corrected chi connectivity index (χ4v) is 6.92. The fraction of sp³-hybridized carbons (Fsp3) is 0. The van der Waals surface area contributed by atoms with Crippen LogP contribution in [0, 0.1) is 0 Å². The molecular formula is C49H34N6. The van der Waals surface area contributed by atoms with E-state index in [9.17, 15) is 0 Å². The Morgan fingerprint density at radius 1 is 0.455 bits per heavy atom. The van der Waals surface area contributed by atoms with E-state index in [1.54, 1.807) is 6.20 Å². The monoisotopic (exact) mass is 706 g/mol. The average molecular weight is 707 g/mol. The maximum absolute atomic E-state index is 5.00. The zero-order valence-corrected chi connectivity index (χ0v) is 29.9. The van der Waals surface area contributed by atoms with E-state index in [1.165, 1.54) is 21.8 Å². The summed E-state index contributed by atoms with van der Waals surface area (Å²) in [5, 5.41) is 2.45. The van der Waals surface area contributed by atoms with Crippen LogP contribution in [0.4, 0.5) is 0 Å². The first-order valence-electron chi connectivity index (χ1n) is 18.1. The number of hydrogen-bond donors (Lipinski definition) is 0. The van der Waals surface area contributed by atoms with Crippen LogP contribution < -0.4 is 0 Å². The van der Waals surface area contributed by atoms with Crippen LogP contribution in [0.5, 0.6) is 0 Å². The number of allylic oxidation sites excluding steroid dienone is 2. The molecule has 0 aliphatic rings. The quantitative estimate of drug-likeness (QED) is 0.111. The van der Waals surface area contributed by atoms with E-state index in [4.69, 9.17) is 15.0 Å². The molecule has 55 heavy (non-hydrogen) atoms. The van der Waals surface area contributed by atoms with Gasteiger partial charge in [0.1, 0.15) is 0 Å². The molecule has 0 aliphatic heterocycles. The van der Waals surface area contributed by atoms with Gasteiger partial charge in [-0.05, 0) is 72.0 Å². The molecule has 3 aromatic heterocycles. The smallest absolute Gasteiger partial charge is 0.164 e. The van der Waals surface area contributed by atoms with Crippen molar-refractivity contribution in [2.24, 2.45) is 4.99 Å². The van der Waals surface area contributed by atoms with E-state index in [0.717, 1.165) is 50.3 Å². The summed E-state index contributed by atoms with van der Waals surface area (Å²) in [6.45, 7) is 3.45. The molecule has 0 atom stereocenters. The number of fused-ring (bicyclic) bond motifs is 3. The van der Waals surface area contributed by atoms with Gasteiger partial charge in [0.15, 0.2) is 17.5 Å². The molecule has 9 rings (SSSR count). The minimum absolute atomic E-state index is 0.611. The van der Waals surface area contributed by atoms with Gasteiger partial charge < -0.3 is 4.57 Å². The third-order valence-corrected chi connectivity index (χ3v) is 9.66. The molecule has 6 nitrogen and oxygen atoms in total. The van der Waals surface area contributed by atoms with Crippen molar-refractivity contribution in [2.75, 3.05) is 0 Å². The molecule has 0 saturated carbocycles. The molecule has 0 N–H and O–H groups in total. The fourth-order valence-electron chi connectivity index (χ4n) is 6.92. The summed E-state index contributed by atoms with van der Waals surface area (Å²) in [5.74, 6) is 1.86. The second-order valence-electron chi connectivity index (χ2n) is 13.1. The molecule has 0 saturated heterocycles. The summed E-state index contributed by atoms with van der Waals surface area (Å²) in [7, 11) is 0. The lowest BCUT2D eigenvalue weighted by Crippen LogP contribution is -2.00. The highest BCUT2D eigenvalue weighted by molar-refractivity contribution is 6.10. The molecule has 0 spiro atoms. The number of aliphatic imine (C=N–C) groups is 1. The van der Waals surface area contributed by atoms with Crippen molar-refractivity contribution in [2.45, 2.75) is 0 Å². The average Bonchev–Trinajstić information content (AvgIpc) is 3.60. The van der Waals surface area contributed by atoms with E-state index >= 15 is 0 Å². The van der Waals surface area contributed by atoms with Crippen LogP contribution in [-0.4, -0.2) is 31.2 Å². The normalized spacial score (nSPS) is 11.6. The first kappa shape index (κ1) is 33.3. The molecule has 0 aliphatic carbocycles. The zero-order valence-electron chi connectivity index (χ0n) is 29.9. The second kappa shape index (κ2) is 14.8. The Morgan fingerprint density at radius 3 is 1.62 bits per heavy atom. The zero-order chi connectivity index (χ0) is 37.0. The predicted octanol–water partition coefficient (Wildman–Crippen LogP) is 11.9. The van der Waals surface area contributed by atoms with Crippen LogP contribution >= 0.6 is 0 Å². The van der Waals surface area contributed by atoms with Gasteiger partial charge in [-0.25, -0.2) is 15.0 Å². The van der Waals surface area contributed by atoms with Crippen LogP contribution in [0.2, 0.25) is 0 Å². The van der Waals surface area contributed by atoms with Gasteiger partial charge >= 0.3 is 0 Å². The van der Waals surface area contributed by atoms with Crippen molar-refractivity contribution in [1.82, 2.24) is 24.5 Å². The molecule has 6 aromatic carbocycles. The third-order valence-electron chi connectivity index (χ3n) is 9.66. The van der Waals surface area contributed by atoms with E-state index in [-0.39, 0.29) is 0 Å². The first-order valence-corrected chi connectivity index (χ1v) is 18.1. The summed E-state index contributed by atoms with van der Waals surface area (Å²) in [5.41, 5.74) is 11.5. The maximum Gasteiger partial charge on any atom is 0.164 e. The van der Waals surface area contributed by atoms with Gasteiger partial charge in [0, 0.05) is 51.1 Å². The summed E-state index contributed by atoms with van der Waals surface area (Å²) in [6, 6.07) is 56.8. The van der Waals surface area contributed by atoms with Crippen LogP contribution in [-0.2, 0) is 0 Å². The number of hydrogen-bond acceptors (Lipinski definition) is 5. The van der Waals surface area contributed by atoms with Crippen molar-refractivity contribution in [1.29, 1.82) is 0 Å². The number of aromatic nitrogens is 5. The Kier molecular flexibility index (Phi) is 8.96. The van der Waals surface area contributed by atoms with Gasteiger partial charge in [-0.2, -0.15) is 0 Å². The lowest BCUT2D eigenvalue weighted by atomic mass is 10.0. The van der Waals surface area contributed by atoms with Gasteiger partial charge in [0.05, 0.1) is 16.7 Å². The van der Waals surface area contributed by atoms with Gasteiger partial charge in [-0.15, -0.1) is 0 Å². The predicted molar refractivity (Wildman–Crippen MR) is 227 cm³/mol. The molecule has 260 valence electrons. The molecular weight excluding hydrogens is 673 g/mol. The number of benzene rings is 6. The van der Waals surface area contributed by atoms with Crippen LogP contribution in [0.15, 0.2) is 193 Å². The Balaban J connectivity index is 1.04. The van der Waals surface area contributed by atoms with E-state index in [1.807, 2.05) is 60.8 Å². The standard InChI is InChI=1S/C49H34N6/c1-50-31-11-10-14-41-29-27-40(33-51-41)35-21-25-38(26-22-35)49-53-47(36-12-4-2-5-13-36)52-48(54-49)37-23-19-34(20-24-37)39-28-30-46-44(32-39)43-17-8-9-18-45(43)55(46)42-15-6-3-7-16-42/h2-33H,1H2/b14-10+,31-11-. The molecule has 0 bridgehead atoms. The lowest BCUT2D eigenvalue weighted by Gasteiger charge is -2.10. The number of pyridine rings is 1. The Labute approximate surface area is 319 Å². The highest BCUT2D eigenvalue weighted by Gasteiger charge is 2.15. The number of nitrogens with zero attached hydrogens (tertiary/aromatic N) is 6. The maximum atomic E-state index is 5.00. The van der Waals surface area contributed by atoms with E-state index in [2.05, 4.69) is 149 Å². The van der Waals surface area contributed by atoms with Gasteiger partial charge in [0.25, 0.3) is 0 Å². The van der Waals surface area contributed by atoms with E-state index < -0.39 is 0 Å². The van der Waals surface area contributed by atoms with Gasteiger partial charge in [0.2, 0.25) is 0 Å². The molecule has 6 heteroatoms. The summed E-state index contributed by atoms with van der Waals surface area (Å²) < 4.78 is 2.34. The number of para-hydroxylation sites is 2. The third kappa shape index (κ3) is 6.76. The van der Waals surface area contributed by atoms with Crippen molar-refractivity contribution in [3.05, 3.63) is 194 Å². The van der Waals surface area contributed by atoms with Gasteiger partial charge in [-0.3, -0.25) is 9.98 Å². The van der Waals surface area contributed by atoms with Crippen molar-refractivity contribution in [3.63, 3.8) is 0 Å². The minimum atomic E-state index is 0.611. The van der Waals surface area contributed by atoms with Crippen LogP contribution in [0.1, 0.15) is 5.69 Å². The summed E-state index contributed by atoms with van der Waals surface area (Å²) in [6.07, 6.45) is 9.15. The highest BCUT2D eigenvalue weighted by atomic mass is 15.0. The molecule has 0 unspecified atom stereocenters. The Morgan fingerprint density at radius 2 is 0.982 bits per heavy atom. The first-order chi connectivity index (χ1) is 27.2. The number of rotatable bonds is 9. The molecule has 0 fully saturated rings. The molecule has 0 amide bonds. The Bertz CT molecular complexity index is 2840. The topological polar surface area (TPSA) is 68.8 Å². The summed E-state index contributed by atoms with van der Waals surface area (Å²) >= 11 is 0. The second-order valence-corrected chi connectivity index (χ2v) is 13.1. The van der Waals surface area contributed by atoms with Crippen LogP contribution in [0.3, 0.4) is 0 Å². The summed E-state index contributed by atoms with van der Waals surface area (Å²) in [4.78, 5) is 23.2. The molecule has 0 radical (unpaired) electrons. The van der Waals surface area contributed by atoms with E-state index in [0.29, 0.717) is 17.5 Å². The molecule has 3 heterocycles. The largest absolute Gasteiger partial charge is 0.309 e. The molecule has 9 aromatic rings. The highest BCUT2D eigenvalue weighted by Crippen LogP contribution is 2.35. The van der Waals surface area contributed by atoms with Crippen molar-refractivity contribution in [3.8, 4) is 62.1 Å². The SMILES string of the molecule is C=N/C=C\C=C\c1ccc(-c2ccc(-c3nc(-c4ccccc4)nc(-c4ccc(-c5ccc6c(c5)c5ccccc5n6-c5ccccc5)cc4)n3)cc2)cn1. The van der Waals surface area contributed by atoms with Gasteiger partial charge in [-0.1, -0.05) is 133 Å². The van der Waals surface area contributed by atoms with Crippen molar-refractivity contribution >= 4 is 34.6 Å². The minimum Gasteiger partial charge on any atom is -0.309 e. The Hall–Kier alpha value is -7.57. The lowest BCUT2D eigenvalue weighted by molar-refractivity contribution is 1.07. The van der Waals surface area contributed by atoms with Crippen LogP contribution in [0.25, 0.3) is 90.0 Å².